The summed E-state index contributed by atoms with van der Waals surface area (Å²) in [5.74, 6) is -0.547. The molecule has 1 aromatic heterocycles. The van der Waals surface area contributed by atoms with E-state index in [-0.39, 0.29) is 29.4 Å². The van der Waals surface area contributed by atoms with Gasteiger partial charge in [-0.05, 0) is 57.4 Å². The van der Waals surface area contributed by atoms with Crippen molar-refractivity contribution in [3.05, 3.63) is 40.8 Å². The maximum absolute atomic E-state index is 12.9. The molecule has 0 saturated carbocycles. The van der Waals surface area contributed by atoms with E-state index < -0.39 is 10.0 Å². The maximum atomic E-state index is 12.9. The van der Waals surface area contributed by atoms with Crippen molar-refractivity contribution in [1.82, 2.24) is 13.9 Å². The van der Waals surface area contributed by atoms with Crippen LogP contribution in [0, 0.1) is 12.8 Å². The van der Waals surface area contributed by atoms with E-state index >= 15 is 0 Å². The summed E-state index contributed by atoms with van der Waals surface area (Å²) in [5.41, 5.74) is 1.73. The molecule has 0 unspecified atom stereocenters. The molecule has 0 spiro atoms. The summed E-state index contributed by atoms with van der Waals surface area (Å²) in [7, 11) is -3.71. The first-order chi connectivity index (χ1) is 13.2. The first kappa shape index (κ1) is 21.0. The maximum Gasteiger partial charge on any atom is 0.262 e. The van der Waals surface area contributed by atoms with E-state index in [2.05, 4.69) is 26.2 Å². The fraction of sp³-hybridized carbons (Fsp3) is 0.474. The third-order valence-electron chi connectivity index (χ3n) is 4.96. The number of rotatable bonds is 5. The second-order valence-corrected chi connectivity index (χ2v) is 10.1. The topological polar surface area (TPSA) is 84.3 Å². The number of anilines is 1. The summed E-state index contributed by atoms with van der Waals surface area (Å²) >= 11 is 3.44. The molecule has 1 atom stereocenters. The molecule has 1 fully saturated rings. The van der Waals surface area contributed by atoms with E-state index in [1.54, 1.807) is 10.8 Å². The molecule has 152 valence electrons. The molecule has 1 amide bonds. The van der Waals surface area contributed by atoms with Gasteiger partial charge >= 0.3 is 0 Å². The quantitative estimate of drug-likeness (QED) is 0.726. The van der Waals surface area contributed by atoms with E-state index in [4.69, 9.17) is 0 Å². The van der Waals surface area contributed by atoms with Crippen molar-refractivity contribution in [3.63, 3.8) is 0 Å². The zero-order valence-corrected chi connectivity index (χ0v) is 18.6. The van der Waals surface area contributed by atoms with Crippen LogP contribution in [0.25, 0.3) is 0 Å². The monoisotopic (exact) mass is 468 g/mol. The molecule has 7 nitrogen and oxygen atoms in total. The average molecular weight is 469 g/mol. The summed E-state index contributed by atoms with van der Waals surface area (Å²) in [6, 6.07) is 5.72. The summed E-state index contributed by atoms with van der Waals surface area (Å²) in [5, 5.41) is 2.94. The van der Waals surface area contributed by atoms with Gasteiger partial charge in [-0.25, -0.2) is 13.4 Å². The molecule has 0 aliphatic carbocycles. The van der Waals surface area contributed by atoms with E-state index in [9.17, 15) is 13.2 Å². The molecule has 3 rings (SSSR count). The minimum absolute atomic E-state index is 0.0331. The lowest BCUT2D eigenvalue weighted by atomic mass is 9.98. The Morgan fingerprint density at radius 2 is 2.11 bits per heavy atom. The van der Waals surface area contributed by atoms with E-state index in [0.29, 0.717) is 25.1 Å². The average Bonchev–Trinajstić information content (AvgIpc) is 3.16. The lowest BCUT2D eigenvalue weighted by Crippen LogP contribution is -2.43. The van der Waals surface area contributed by atoms with Gasteiger partial charge < -0.3 is 9.88 Å². The lowest BCUT2D eigenvalue weighted by Gasteiger charge is -2.30. The number of hydrogen-bond donors (Lipinski definition) is 1. The van der Waals surface area contributed by atoms with Crippen molar-refractivity contribution >= 4 is 37.5 Å². The second-order valence-electron chi connectivity index (χ2n) is 7.41. The third-order valence-corrected chi connectivity index (χ3v) is 7.60. The zero-order chi connectivity index (χ0) is 20.5. The SMILES string of the molecule is Cc1cc(NC(=O)[C@@H]2CCCN(S(=O)(=O)c3cn(C(C)C)cn3)C2)ccc1Br. The number of aryl methyl sites for hydroxylation is 1. The zero-order valence-electron chi connectivity index (χ0n) is 16.2. The van der Waals surface area contributed by atoms with E-state index in [1.807, 2.05) is 39.0 Å². The van der Waals surface area contributed by atoms with Crippen LogP contribution in [0.4, 0.5) is 5.69 Å². The fourth-order valence-electron chi connectivity index (χ4n) is 3.21. The van der Waals surface area contributed by atoms with Crippen molar-refractivity contribution < 1.29 is 13.2 Å². The normalized spacial score (nSPS) is 18.4. The molecule has 1 aromatic carbocycles. The Balaban J connectivity index is 1.71. The van der Waals surface area contributed by atoms with Crippen molar-refractivity contribution in [2.75, 3.05) is 18.4 Å². The molecule has 28 heavy (non-hydrogen) atoms. The van der Waals surface area contributed by atoms with Crippen LogP contribution in [0.15, 0.2) is 40.2 Å². The second kappa shape index (κ2) is 8.34. The highest BCUT2D eigenvalue weighted by Crippen LogP contribution is 2.25. The number of aromatic nitrogens is 2. The van der Waals surface area contributed by atoms with Gasteiger partial charge in [0.25, 0.3) is 10.0 Å². The van der Waals surface area contributed by atoms with Gasteiger partial charge in [0.05, 0.1) is 12.2 Å². The van der Waals surface area contributed by atoms with Gasteiger partial charge in [0.1, 0.15) is 0 Å². The van der Waals surface area contributed by atoms with Crippen LogP contribution in [-0.2, 0) is 14.8 Å². The van der Waals surface area contributed by atoms with Gasteiger partial charge in [-0.15, -0.1) is 0 Å². The number of amides is 1. The molecule has 9 heteroatoms. The smallest absolute Gasteiger partial charge is 0.262 e. The Morgan fingerprint density at radius 3 is 2.75 bits per heavy atom. The predicted octanol–water partition coefficient (Wildman–Crippen LogP) is 3.57. The van der Waals surface area contributed by atoms with E-state index in [0.717, 1.165) is 10.0 Å². The highest BCUT2D eigenvalue weighted by molar-refractivity contribution is 9.10. The number of halogens is 1. The molecule has 2 heterocycles. The third kappa shape index (κ3) is 4.47. The number of nitrogens with one attached hydrogen (secondary N) is 1. The molecule has 0 bridgehead atoms. The Labute approximate surface area is 174 Å². The number of imidazole rings is 1. The van der Waals surface area contributed by atoms with Crippen LogP contribution in [-0.4, -0.2) is 41.3 Å². The number of hydrogen-bond acceptors (Lipinski definition) is 4. The molecule has 1 saturated heterocycles. The number of carbonyl (C=O) groups is 1. The summed E-state index contributed by atoms with van der Waals surface area (Å²) in [4.78, 5) is 16.8. The molecule has 2 aromatic rings. The highest BCUT2D eigenvalue weighted by atomic mass is 79.9. The van der Waals surface area contributed by atoms with Gasteiger partial charge in [-0.2, -0.15) is 4.31 Å². The lowest BCUT2D eigenvalue weighted by molar-refractivity contribution is -0.120. The molecule has 1 aliphatic heterocycles. The van der Waals surface area contributed by atoms with Crippen LogP contribution in [0.3, 0.4) is 0 Å². The standard InChI is InChI=1S/C19H25BrN4O3S/c1-13(2)23-11-18(21-12-23)28(26,27)24-8-4-5-15(10-24)19(25)22-16-6-7-17(20)14(3)9-16/h6-7,9,11-13,15H,4-5,8,10H2,1-3H3,(H,22,25)/t15-/m1/s1. The predicted molar refractivity (Wildman–Crippen MR) is 112 cm³/mol. The minimum atomic E-state index is -3.71. The Hall–Kier alpha value is -1.71. The summed E-state index contributed by atoms with van der Waals surface area (Å²) in [6.45, 7) is 6.44. The van der Waals surface area contributed by atoms with Crippen molar-refractivity contribution in [1.29, 1.82) is 0 Å². The van der Waals surface area contributed by atoms with Crippen LogP contribution < -0.4 is 5.32 Å². The molecule has 1 N–H and O–H groups in total. The number of carbonyl (C=O) groups excluding carboxylic acids is 1. The van der Waals surface area contributed by atoms with Crippen molar-refractivity contribution in [2.24, 2.45) is 5.92 Å². The first-order valence-corrected chi connectivity index (χ1v) is 11.5. The molecular weight excluding hydrogens is 444 g/mol. The molecule has 0 radical (unpaired) electrons. The van der Waals surface area contributed by atoms with Gasteiger partial charge in [0, 0.05) is 35.5 Å². The first-order valence-electron chi connectivity index (χ1n) is 9.29. The molecule has 1 aliphatic rings. The Bertz CT molecular complexity index is 971. The van der Waals surface area contributed by atoms with Gasteiger partial charge in [0.15, 0.2) is 5.03 Å². The summed E-state index contributed by atoms with van der Waals surface area (Å²) < 4.78 is 30.0. The number of piperidine rings is 1. The van der Waals surface area contributed by atoms with Crippen LogP contribution in [0.2, 0.25) is 0 Å². The van der Waals surface area contributed by atoms with Gasteiger partial charge in [0.2, 0.25) is 5.91 Å². The van der Waals surface area contributed by atoms with Crippen LogP contribution >= 0.6 is 15.9 Å². The highest BCUT2D eigenvalue weighted by Gasteiger charge is 2.34. The van der Waals surface area contributed by atoms with Gasteiger partial charge in [-0.1, -0.05) is 15.9 Å². The number of sulfonamides is 1. The number of nitrogens with zero attached hydrogens (tertiary/aromatic N) is 3. The van der Waals surface area contributed by atoms with Crippen molar-refractivity contribution in [2.45, 2.75) is 44.7 Å². The Kier molecular flexibility index (Phi) is 6.26. The summed E-state index contributed by atoms with van der Waals surface area (Å²) in [6.07, 6.45) is 4.38. The van der Waals surface area contributed by atoms with Gasteiger partial charge in [-0.3, -0.25) is 4.79 Å². The molecular formula is C19H25BrN4O3S. The van der Waals surface area contributed by atoms with Crippen LogP contribution in [0.5, 0.6) is 0 Å². The number of benzene rings is 1. The largest absolute Gasteiger partial charge is 0.334 e. The van der Waals surface area contributed by atoms with Crippen LogP contribution in [0.1, 0.15) is 38.3 Å². The minimum Gasteiger partial charge on any atom is -0.334 e. The Morgan fingerprint density at radius 1 is 1.36 bits per heavy atom. The fourth-order valence-corrected chi connectivity index (χ4v) is 4.90. The van der Waals surface area contributed by atoms with Crippen molar-refractivity contribution in [3.8, 4) is 0 Å². The van der Waals surface area contributed by atoms with E-state index in [1.165, 1.54) is 10.6 Å².